The van der Waals surface area contributed by atoms with Gasteiger partial charge in [-0.1, -0.05) is 31.9 Å². The lowest BCUT2D eigenvalue weighted by molar-refractivity contribution is 0.721. The van der Waals surface area contributed by atoms with E-state index in [9.17, 15) is 0 Å². The van der Waals surface area contributed by atoms with Crippen molar-refractivity contribution in [1.29, 1.82) is 0 Å². The maximum absolute atomic E-state index is 5.58. The standard InChI is InChI=1S/C10H21N/c1-3-4-5-6-7-8-9-10(2)11/h7-8,10H,3-6,9,11H2,1-2H3/b8-7+. The summed E-state index contributed by atoms with van der Waals surface area (Å²) in [6, 6.07) is 0.317. The summed E-state index contributed by atoms with van der Waals surface area (Å²) in [4.78, 5) is 0. The molecule has 0 radical (unpaired) electrons. The predicted molar refractivity (Wildman–Crippen MR) is 51.5 cm³/mol. The molecule has 66 valence electrons. The predicted octanol–water partition coefficient (Wildman–Crippen LogP) is 2.86. The Labute approximate surface area is 70.7 Å². The number of hydrogen-bond donors (Lipinski definition) is 1. The molecule has 0 aromatic heterocycles. The fraction of sp³-hybridized carbons (Fsp3) is 0.800. The van der Waals surface area contributed by atoms with Crippen molar-refractivity contribution in [2.75, 3.05) is 0 Å². The maximum atomic E-state index is 5.58. The number of rotatable bonds is 6. The van der Waals surface area contributed by atoms with Crippen LogP contribution in [0.15, 0.2) is 12.2 Å². The molecule has 0 heterocycles. The van der Waals surface area contributed by atoms with Gasteiger partial charge in [0.05, 0.1) is 0 Å². The molecular formula is C10H21N. The second-order valence-corrected chi connectivity index (χ2v) is 3.18. The van der Waals surface area contributed by atoms with Gasteiger partial charge in [0.25, 0.3) is 0 Å². The highest BCUT2D eigenvalue weighted by Crippen LogP contribution is 2.00. The number of unbranched alkanes of at least 4 members (excludes halogenated alkanes) is 3. The Morgan fingerprint density at radius 2 is 2.00 bits per heavy atom. The molecule has 0 fully saturated rings. The Morgan fingerprint density at radius 3 is 2.55 bits per heavy atom. The van der Waals surface area contributed by atoms with Crippen LogP contribution in [0, 0.1) is 0 Å². The van der Waals surface area contributed by atoms with Crippen molar-refractivity contribution in [2.45, 2.75) is 52.0 Å². The molecule has 0 saturated heterocycles. The molecule has 2 N–H and O–H groups in total. The molecule has 0 aliphatic carbocycles. The molecule has 1 atom stereocenters. The number of nitrogens with two attached hydrogens (primary N) is 1. The summed E-state index contributed by atoms with van der Waals surface area (Å²) in [7, 11) is 0. The highest BCUT2D eigenvalue weighted by molar-refractivity contribution is 4.83. The van der Waals surface area contributed by atoms with Gasteiger partial charge in [0.2, 0.25) is 0 Å². The van der Waals surface area contributed by atoms with E-state index in [0.29, 0.717) is 6.04 Å². The molecule has 0 aliphatic heterocycles. The second-order valence-electron chi connectivity index (χ2n) is 3.18. The Balaban J connectivity index is 3.03. The Kier molecular flexibility index (Phi) is 7.59. The molecule has 1 unspecified atom stereocenters. The number of hydrogen-bond acceptors (Lipinski definition) is 1. The average molecular weight is 155 g/mol. The third-order valence-electron chi connectivity index (χ3n) is 1.65. The summed E-state index contributed by atoms with van der Waals surface area (Å²) in [5.41, 5.74) is 5.58. The molecule has 0 spiro atoms. The third-order valence-corrected chi connectivity index (χ3v) is 1.65. The molecule has 11 heavy (non-hydrogen) atoms. The lowest BCUT2D eigenvalue weighted by atomic mass is 10.1. The van der Waals surface area contributed by atoms with E-state index in [0.717, 1.165) is 6.42 Å². The monoisotopic (exact) mass is 155 g/mol. The minimum Gasteiger partial charge on any atom is -0.328 e. The third kappa shape index (κ3) is 9.70. The fourth-order valence-corrected chi connectivity index (χ4v) is 0.941. The van der Waals surface area contributed by atoms with Gasteiger partial charge in [0.1, 0.15) is 0 Å². The first kappa shape index (κ1) is 10.7. The van der Waals surface area contributed by atoms with E-state index >= 15 is 0 Å². The van der Waals surface area contributed by atoms with Crippen molar-refractivity contribution in [3.05, 3.63) is 12.2 Å². The van der Waals surface area contributed by atoms with Gasteiger partial charge in [-0.2, -0.15) is 0 Å². The van der Waals surface area contributed by atoms with E-state index in [1.807, 2.05) is 6.92 Å². The van der Waals surface area contributed by atoms with Gasteiger partial charge in [-0.3, -0.25) is 0 Å². The molecule has 1 heteroatoms. The van der Waals surface area contributed by atoms with Crippen molar-refractivity contribution in [2.24, 2.45) is 5.73 Å². The van der Waals surface area contributed by atoms with E-state index in [1.54, 1.807) is 0 Å². The van der Waals surface area contributed by atoms with Crippen LogP contribution in [0.4, 0.5) is 0 Å². The summed E-state index contributed by atoms with van der Waals surface area (Å²) >= 11 is 0. The van der Waals surface area contributed by atoms with E-state index in [-0.39, 0.29) is 0 Å². The van der Waals surface area contributed by atoms with Crippen LogP contribution >= 0.6 is 0 Å². The summed E-state index contributed by atoms with van der Waals surface area (Å²) < 4.78 is 0. The highest BCUT2D eigenvalue weighted by atomic mass is 14.6. The molecular weight excluding hydrogens is 134 g/mol. The van der Waals surface area contributed by atoms with Crippen molar-refractivity contribution in [1.82, 2.24) is 0 Å². The van der Waals surface area contributed by atoms with Gasteiger partial charge in [-0.25, -0.2) is 0 Å². The summed E-state index contributed by atoms with van der Waals surface area (Å²) in [5, 5.41) is 0. The smallest absolute Gasteiger partial charge is 0.00449 e. The van der Waals surface area contributed by atoms with Gasteiger partial charge in [-0.05, 0) is 26.2 Å². The lowest BCUT2D eigenvalue weighted by Gasteiger charge is -1.97. The van der Waals surface area contributed by atoms with Gasteiger partial charge in [-0.15, -0.1) is 0 Å². The molecule has 0 aliphatic rings. The summed E-state index contributed by atoms with van der Waals surface area (Å²) in [6.45, 7) is 4.27. The lowest BCUT2D eigenvalue weighted by Crippen LogP contribution is -2.12. The molecule has 0 amide bonds. The van der Waals surface area contributed by atoms with Gasteiger partial charge in [0, 0.05) is 6.04 Å². The highest BCUT2D eigenvalue weighted by Gasteiger charge is 1.86. The van der Waals surface area contributed by atoms with Crippen LogP contribution in [0.5, 0.6) is 0 Å². The van der Waals surface area contributed by atoms with E-state index in [4.69, 9.17) is 5.73 Å². The van der Waals surface area contributed by atoms with Crippen LogP contribution in [-0.2, 0) is 0 Å². The van der Waals surface area contributed by atoms with Crippen LogP contribution < -0.4 is 5.73 Å². The summed E-state index contributed by atoms with van der Waals surface area (Å²) in [6.07, 6.45) is 10.7. The van der Waals surface area contributed by atoms with Gasteiger partial charge >= 0.3 is 0 Å². The fourth-order valence-electron chi connectivity index (χ4n) is 0.941. The van der Waals surface area contributed by atoms with E-state index < -0.39 is 0 Å². The van der Waals surface area contributed by atoms with Gasteiger partial charge < -0.3 is 5.73 Å². The largest absolute Gasteiger partial charge is 0.328 e. The molecule has 0 saturated carbocycles. The van der Waals surface area contributed by atoms with E-state index in [1.165, 1.54) is 25.7 Å². The zero-order chi connectivity index (χ0) is 8.53. The van der Waals surface area contributed by atoms with Crippen molar-refractivity contribution >= 4 is 0 Å². The van der Waals surface area contributed by atoms with Gasteiger partial charge in [0.15, 0.2) is 0 Å². The topological polar surface area (TPSA) is 26.0 Å². The first-order chi connectivity index (χ1) is 5.27. The Bertz CT molecular complexity index is 95.0. The average Bonchev–Trinajstić information content (AvgIpc) is 1.96. The van der Waals surface area contributed by atoms with E-state index in [2.05, 4.69) is 19.1 Å². The van der Waals surface area contributed by atoms with Crippen molar-refractivity contribution in [3.8, 4) is 0 Å². The normalized spacial score (nSPS) is 14.1. The van der Waals surface area contributed by atoms with Crippen LogP contribution in [0.25, 0.3) is 0 Å². The minimum atomic E-state index is 0.317. The molecule has 0 rings (SSSR count). The van der Waals surface area contributed by atoms with Crippen molar-refractivity contribution in [3.63, 3.8) is 0 Å². The van der Waals surface area contributed by atoms with Crippen LogP contribution in [-0.4, -0.2) is 6.04 Å². The van der Waals surface area contributed by atoms with Crippen LogP contribution in [0.1, 0.15) is 46.0 Å². The molecule has 0 bridgehead atoms. The van der Waals surface area contributed by atoms with Crippen LogP contribution in [0.2, 0.25) is 0 Å². The molecule has 0 aromatic carbocycles. The SMILES string of the molecule is CCCCC/C=C/CC(C)N. The number of allylic oxidation sites excluding steroid dienone is 1. The second kappa shape index (κ2) is 7.80. The van der Waals surface area contributed by atoms with Crippen molar-refractivity contribution < 1.29 is 0 Å². The Hall–Kier alpha value is -0.300. The Morgan fingerprint density at radius 1 is 1.27 bits per heavy atom. The zero-order valence-electron chi connectivity index (χ0n) is 7.84. The first-order valence-electron chi connectivity index (χ1n) is 4.68. The van der Waals surface area contributed by atoms with Crippen LogP contribution in [0.3, 0.4) is 0 Å². The summed E-state index contributed by atoms with van der Waals surface area (Å²) in [5.74, 6) is 0. The quantitative estimate of drug-likeness (QED) is 0.463. The molecule has 0 aromatic rings. The maximum Gasteiger partial charge on any atom is 0.00449 e. The first-order valence-corrected chi connectivity index (χ1v) is 4.68. The zero-order valence-corrected chi connectivity index (χ0v) is 7.84. The minimum absolute atomic E-state index is 0.317. The molecule has 1 nitrogen and oxygen atoms in total.